The molecule has 6 nitrogen and oxygen atoms in total. The van der Waals surface area contributed by atoms with E-state index in [2.05, 4.69) is 85.6 Å². The Bertz CT molecular complexity index is 838. The largest absolute Gasteiger partial charge is 0.357 e. The molecule has 1 aromatic heterocycles. The number of para-hydroxylation sites is 1. The van der Waals surface area contributed by atoms with Crippen molar-refractivity contribution in [1.29, 1.82) is 0 Å². The van der Waals surface area contributed by atoms with E-state index in [4.69, 9.17) is 4.99 Å². The fourth-order valence-electron chi connectivity index (χ4n) is 4.00. The van der Waals surface area contributed by atoms with Crippen LogP contribution in [0.4, 0.5) is 0 Å². The van der Waals surface area contributed by atoms with Crippen LogP contribution in [0.1, 0.15) is 44.6 Å². The van der Waals surface area contributed by atoms with E-state index in [1.807, 2.05) is 11.6 Å². The first-order chi connectivity index (χ1) is 13.9. The van der Waals surface area contributed by atoms with Gasteiger partial charge in [-0.15, -0.1) is 0 Å². The van der Waals surface area contributed by atoms with Gasteiger partial charge in [0.15, 0.2) is 5.96 Å². The molecule has 0 aliphatic carbocycles. The summed E-state index contributed by atoms with van der Waals surface area (Å²) >= 11 is 0. The molecule has 2 atom stereocenters. The number of aromatic nitrogens is 2. The molecule has 0 radical (unpaired) electrons. The fourth-order valence-corrected chi connectivity index (χ4v) is 4.00. The molecule has 1 aromatic carbocycles. The van der Waals surface area contributed by atoms with Crippen LogP contribution in [0.15, 0.2) is 35.3 Å². The van der Waals surface area contributed by atoms with Gasteiger partial charge in [-0.2, -0.15) is 5.10 Å². The smallest absolute Gasteiger partial charge is 0.191 e. The van der Waals surface area contributed by atoms with E-state index >= 15 is 0 Å². The summed E-state index contributed by atoms with van der Waals surface area (Å²) in [5.41, 5.74) is 4.43. The molecule has 2 N–H and O–H groups in total. The lowest BCUT2D eigenvalue weighted by Crippen LogP contribution is -2.46. The number of nitrogens with zero attached hydrogens (tertiary/aromatic N) is 4. The van der Waals surface area contributed by atoms with Crippen LogP contribution in [0.25, 0.3) is 5.69 Å². The summed E-state index contributed by atoms with van der Waals surface area (Å²) < 4.78 is 2.01. The van der Waals surface area contributed by atoms with Gasteiger partial charge in [0.2, 0.25) is 0 Å². The zero-order valence-electron chi connectivity index (χ0n) is 18.7. The Balaban J connectivity index is 1.77. The van der Waals surface area contributed by atoms with E-state index in [1.54, 1.807) is 0 Å². The second-order valence-electron chi connectivity index (χ2n) is 8.44. The van der Waals surface area contributed by atoms with E-state index in [0.29, 0.717) is 24.5 Å². The summed E-state index contributed by atoms with van der Waals surface area (Å²) in [4.78, 5) is 7.44. The highest BCUT2D eigenvalue weighted by molar-refractivity contribution is 5.80. The van der Waals surface area contributed by atoms with Crippen LogP contribution in [0.2, 0.25) is 0 Å². The summed E-state index contributed by atoms with van der Waals surface area (Å²) in [7, 11) is 0. The molecule has 0 saturated carbocycles. The van der Waals surface area contributed by atoms with Crippen molar-refractivity contribution in [3.63, 3.8) is 0 Å². The van der Waals surface area contributed by atoms with Gasteiger partial charge in [-0.1, -0.05) is 25.1 Å². The molecular formula is C23H36N6. The highest BCUT2D eigenvalue weighted by Gasteiger charge is 2.31. The third-order valence-electron chi connectivity index (χ3n) is 5.67. The number of nitrogens with one attached hydrogen (secondary N) is 2. The van der Waals surface area contributed by atoms with Crippen LogP contribution in [0, 0.1) is 19.8 Å². The van der Waals surface area contributed by atoms with Crippen LogP contribution in [-0.4, -0.2) is 52.4 Å². The van der Waals surface area contributed by atoms with Gasteiger partial charge in [-0.05, 0) is 58.2 Å². The monoisotopic (exact) mass is 396 g/mol. The Kier molecular flexibility index (Phi) is 6.96. The summed E-state index contributed by atoms with van der Waals surface area (Å²) in [6.45, 7) is 16.7. The molecule has 6 heteroatoms. The SMILES string of the molecule is CCNC(=NCc1ccccc1-n1nc(C)cc1C)NC1CN(C(C)C)CC1C. The quantitative estimate of drug-likeness (QED) is 0.581. The zero-order chi connectivity index (χ0) is 21.0. The molecule has 0 amide bonds. The summed E-state index contributed by atoms with van der Waals surface area (Å²) in [5.74, 6) is 1.49. The Hall–Kier alpha value is -2.34. The van der Waals surface area contributed by atoms with Crippen molar-refractivity contribution in [1.82, 2.24) is 25.3 Å². The van der Waals surface area contributed by atoms with Gasteiger partial charge in [-0.25, -0.2) is 9.67 Å². The number of aryl methyl sites for hydroxylation is 2. The third-order valence-corrected chi connectivity index (χ3v) is 5.67. The molecule has 1 aliphatic rings. The third kappa shape index (κ3) is 5.18. The predicted molar refractivity (Wildman–Crippen MR) is 121 cm³/mol. The summed E-state index contributed by atoms with van der Waals surface area (Å²) in [5, 5.41) is 11.7. The van der Waals surface area contributed by atoms with Crippen LogP contribution < -0.4 is 10.6 Å². The number of rotatable bonds is 6. The fraction of sp³-hybridized carbons (Fsp3) is 0.565. The molecule has 29 heavy (non-hydrogen) atoms. The maximum absolute atomic E-state index is 4.91. The Labute approximate surface area is 175 Å². The van der Waals surface area contributed by atoms with E-state index in [9.17, 15) is 0 Å². The number of aliphatic imine (C=N–C) groups is 1. The van der Waals surface area contributed by atoms with E-state index in [0.717, 1.165) is 42.7 Å². The van der Waals surface area contributed by atoms with Crippen molar-refractivity contribution in [3.05, 3.63) is 47.3 Å². The van der Waals surface area contributed by atoms with E-state index in [-0.39, 0.29) is 0 Å². The summed E-state index contributed by atoms with van der Waals surface area (Å²) in [6, 6.07) is 11.5. The number of likely N-dealkylation sites (tertiary alicyclic amines) is 1. The normalized spacial score (nSPS) is 20.4. The predicted octanol–water partition coefficient (Wildman–Crippen LogP) is 3.27. The maximum atomic E-state index is 4.91. The Morgan fingerprint density at radius 2 is 2.00 bits per heavy atom. The molecule has 1 aliphatic heterocycles. The van der Waals surface area contributed by atoms with Crippen molar-refractivity contribution in [3.8, 4) is 5.69 Å². The molecule has 0 spiro atoms. The molecule has 2 unspecified atom stereocenters. The van der Waals surface area contributed by atoms with Gasteiger partial charge in [0, 0.05) is 37.4 Å². The molecule has 158 valence electrons. The minimum atomic E-state index is 0.418. The zero-order valence-corrected chi connectivity index (χ0v) is 18.7. The van der Waals surface area contributed by atoms with E-state index in [1.165, 1.54) is 5.56 Å². The molecule has 2 aromatic rings. The van der Waals surface area contributed by atoms with Crippen LogP contribution in [0.3, 0.4) is 0 Å². The molecule has 0 bridgehead atoms. The molecule has 1 fully saturated rings. The lowest BCUT2D eigenvalue weighted by Gasteiger charge is -2.22. The number of hydrogen-bond acceptors (Lipinski definition) is 3. The van der Waals surface area contributed by atoms with Crippen molar-refractivity contribution in [2.24, 2.45) is 10.9 Å². The van der Waals surface area contributed by atoms with E-state index < -0.39 is 0 Å². The average molecular weight is 397 g/mol. The van der Waals surface area contributed by atoms with Gasteiger partial charge in [0.25, 0.3) is 0 Å². The van der Waals surface area contributed by atoms with Crippen LogP contribution in [0.5, 0.6) is 0 Å². The molecule has 2 heterocycles. The minimum absolute atomic E-state index is 0.418. The van der Waals surface area contributed by atoms with Crippen molar-refractivity contribution in [2.75, 3.05) is 19.6 Å². The highest BCUT2D eigenvalue weighted by Crippen LogP contribution is 2.20. The van der Waals surface area contributed by atoms with Gasteiger partial charge in [0.05, 0.1) is 17.9 Å². The molecular weight excluding hydrogens is 360 g/mol. The first-order valence-corrected chi connectivity index (χ1v) is 10.8. The van der Waals surface area contributed by atoms with Gasteiger partial charge in [0.1, 0.15) is 0 Å². The number of hydrogen-bond donors (Lipinski definition) is 2. The standard InChI is InChI=1S/C23H36N6/c1-7-24-23(26-21-15-28(16(2)3)14-17(21)4)25-13-20-10-8-9-11-22(20)29-19(6)12-18(5)27-29/h8-12,16-17,21H,7,13-15H2,1-6H3,(H2,24,25,26). The second-order valence-corrected chi connectivity index (χ2v) is 8.44. The highest BCUT2D eigenvalue weighted by atomic mass is 15.3. The minimum Gasteiger partial charge on any atom is -0.357 e. The van der Waals surface area contributed by atoms with Gasteiger partial charge >= 0.3 is 0 Å². The molecule has 3 rings (SSSR count). The van der Waals surface area contributed by atoms with Crippen LogP contribution in [-0.2, 0) is 6.54 Å². The first kappa shape index (κ1) is 21.4. The first-order valence-electron chi connectivity index (χ1n) is 10.8. The lowest BCUT2D eigenvalue weighted by molar-refractivity contribution is 0.265. The average Bonchev–Trinajstić information content (AvgIpc) is 3.22. The van der Waals surface area contributed by atoms with Gasteiger partial charge in [-0.3, -0.25) is 4.90 Å². The maximum Gasteiger partial charge on any atom is 0.191 e. The van der Waals surface area contributed by atoms with Gasteiger partial charge < -0.3 is 10.6 Å². The lowest BCUT2D eigenvalue weighted by atomic mass is 10.1. The Morgan fingerprint density at radius 1 is 1.24 bits per heavy atom. The van der Waals surface area contributed by atoms with Crippen molar-refractivity contribution < 1.29 is 0 Å². The number of guanidine groups is 1. The second kappa shape index (κ2) is 9.44. The van der Waals surface area contributed by atoms with Crippen molar-refractivity contribution >= 4 is 5.96 Å². The molecule has 1 saturated heterocycles. The van der Waals surface area contributed by atoms with Crippen LogP contribution >= 0.6 is 0 Å². The van der Waals surface area contributed by atoms with Crippen molar-refractivity contribution in [2.45, 2.75) is 60.2 Å². The Morgan fingerprint density at radius 3 is 2.62 bits per heavy atom. The number of benzene rings is 1. The summed E-state index contributed by atoms with van der Waals surface area (Å²) in [6.07, 6.45) is 0. The topological polar surface area (TPSA) is 57.5 Å².